The Morgan fingerprint density at radius 1 is 1.43 bits per heavy atom. The Labute approximate surface area is 82.4 Å². The minimum atomic E-state index is -0.794. The Balaban J connectivity index is 2.22. The third-order valence-electron chi connectivity index (χ3n) is 2.61. The Hall–Kier alpha value is -0.650. The maximum atomic E-state index is 11.5. The molecule has 2 fully saturated rings. The molecule has 5 nitrogen and oxygen atoms in total. The minimum absolute atomic E-state index is 0.210. The van der Waals surface area contributed by atoms with Crippen molar-refractivity contribution in [2.45, 2.75) is 50.9 Å². The molecule has 0 aromatic carbocycles. The lowest BCUT2D eigenvalue weighted by Crippen LogP contribution is -2.60. The van der Waals surface area contributed by atoms with Crippen molar-refractivity contribution in [3.05, 3.63) is 0 Å². The summed E-state index contributed by atoms with van der Waals surface area (Å²) in [6, 6.07) is -0.291. The molecule has 1 amide bonds. The monoisotopic (exact) mass is 201 g/mol. The van der Waals surface area contributed by atoms with Gasteiger partial charge in [-0.3, -0.25) is 4.79 Å². The Morgan fingerprint density at radius 3 is 2.71 bits per heavy atom. The fraction of sp³-hybridized carbons (Fsp3) is 0.889. The summed E-state index contributed by atoms with van der Waals surface area (Å²) >= 11 is 0. The third-order valence-corrected chi connectivity index (χ3v) is 2.61. The van der Waals surface area contributed by atoms with E-state index < -0.39 is 24.1 Å². The van der Waals surface area contributed by atoms with Gasteiger partial charge in [-0.1, -0.05) is 0 Å². The summed E-state index contributed by atoms with van der Waals surface area (Å²) in [4.78, 5) is 11.5. The van der Waals surface area contributed by atoms with Crippen LogP contribution in [0.3, 0.4) is 0 Å². The largest absolute Gasteiger partial charge is 0.388 e. The molecule has 0 aromatic heterocycles. The summed E-state index contributed by atoms with van der Waals surface area (Å²) in [6.07, 6.45) is -1.94. The molecule has 0 radical (unpaired) electrons. The molecule has 0 bridgehead atoms. The number of piperidine rings is 1. The van der Waals surface area contributed by atoms with E-state index in [9.17, 15) is 9.90 Å². The molecule has 0 saturated carbocycles. The van der Waals surface area contributed by atoms with E-state index in [-0.39, 0.29) is 11.9 Å². The van der Waals surface area contributed by atoms with Crippen molar-refractivity contribution < 1.29 is 19.4 Å². The maximum absolute atomic E-state index is 11.5. The maximum Gasteiger partial charge on any atom is 0.252 e. The van der Waals surface area contributed by atoms with Crippen LogP contribution in [0.4, 0.5) is 0 Å². The van der Waals surface area contributed by atoms with Crippen molar-refractivity contribution >= 4 is 5.91 Å². The molecule has 14 heavy (non-hydrogen) atoms. The zero-order valence-corrected chi connectivity index (χ0v) is 8.48. The molecule has 0 aromatic rings. The first-order valence-corrected chi connectivity index (χ1v) is 4.75. The van der Waals surface area contributed by atoms with Crippen LogP contribution in [0.15, 0.2) is 0 Å². The van der Waals surface area contributed by atoms with Gasteiger partial charge in [0.1, 0.15) is 12.2 Å². The molecule has 2 saturated heterocycles. The molecule has 2 heterocycles. The number of ether oxygens (including phenoxy) is 2. The van der Waals surface area contributed by atoms with Crippen LogP contribution in [0.2, 0.25) is 0 Å². The van der Waals surface area contributed by atoms with Gasteiger partial charge >= 0.3 is 0 Å². The van der Waals surface area contributed by atoms with Gasteiger partial charge in [-0.25, -0.2) is 0 Å². The van der Waals surface area contributed by atoms with Crippen molar-refractivity contribution in [2.24, 2.45) is 0 Å². The minimum Gasteiger partial charge on any atom is -0.388 e. The molecule has 0 spiro atoms. The van der Waals surface area contributed by atoms with Crippen LogP contribution in [0.5, 0.6) is 0 Å². The number of carbonyl (C=O) groups excluding carboxylic acids is 1. The molecule has 2 rings (SSSR count). The topological polar surface area (TPSA) is 67.8 Å². The fourth-order valence-electron chi connectivity index (χ4n) is 1.92. The van der Waals surface area contributed by atoms with Crippen molar-refractivity contribution in [1.29, 1.82) is 0 Å². The Kier molecular flexibility index (Phi) is 2.06. The number of hydrogen-bond acceptors (Lipinski definition) is 4. The zero-order chi connectivity index (χ0) is 10.5. The number of fused-ring (bicyclic) bond motifs is 1. The SMILES string of the molecule is C[C@@H]1NC(=O)[C@@H]2OC(C)(C)O[C@@H]2[C@H]1O. The summed E-state index contributed by atoms with van der Waals surface area (Å²) in [5.74, 6) is -1.00. The second-order valence-corrected chi connectivity index (χ2v) is 4.31. The van der Waals surface area contributed by atoms with E-state index in [0.29, 0.717) is 0 Å². The lowest BCUT2D eigenvalue weighted by Gasteiger charge is -2.32. The second-order valence-electron chi connectivity index (χ2n) is 4.31. The van der Waals surface area contributed by atoms with Gasteiger partial charge in [-0.15, -0.1) is 0 Å². The van der Waals surface area contributed by atoms with Gasteiger partial charge in [0.2, 0.25) is 0 Å². The van der Waals surface area contributed by atoms with E-state index in [1.54, 1.807) is 20.8 Å². The molecular formula is C9H15NO4. The molecule has 0 unspecified atom stereocenters. The van der Waals surface area contributed by atoms with Gasteiger partial charge in [0.25, 0.3) is 5.91 Å². The normalized spacial score (nSPS) is 45.9. The van der Waals surface area contributed by atoms with Crippen LogP contribution in [0.1, 0.15) is 20.8 Å². The fourth-order valence-corrected chi connectivity index (χ4v) is 1.92. The summed E-state index contributed by atoms with van der Waals surface area (Å²) in [6.45, 7) is 5.21. The molecule has 4 atom stereocenters. The lowest BCUT2D eigenvalue weighted by molar-refractivity contribution is -0.156. The molecule has 0 aliphatic carbocycles. The summed E-state index contributed by atoms with van der Waals surface area (Å²) < 4.78 is 10.9. The molecule has 2 N–H and O–H groups in total. The summed E-state index contributed by atoms with van der Waals surface area (Å²) in [5, 5.41) is 12.4. The number of aliphatic hydroxyl groups excluding tert-OH is 1. The molecular weight excluding hydrogens is 186 g/mol. The number of carbonyl (C=O) groups is 1. The predicted molar refractivity (Wildman–Crippen MR) is 47.4 cm³/mol. The Bertz CT molecular complexity index is 266. The highest BCUT2D eigenvalue weighted by Crippen LogP contribution is 2.32. The average Bonchev–Trinajstić information content (AvgIpc) is 2.38. The van der Waals surface area contributed by atoms with Crippen LogP contribution >= 0.6 is 0 Å². The Morgan fingerprint density at radius 2 is 2.07 bits per heavy atom. The van der Waals surface area contributed by atoms with Gasteiger partial charge in [-0.05, 0) is 20.8 Å². The highest BCUT2D eigenvalue weighted by atomic mass is 16.8. The first-order valence-electron chi connectivity index (χ1n) is 4.75. The lowest BCUT2D eigenvalue weighted by atomic mass is 9.97. The van der Waals surface area contributed by atoms with Gasteiger partial charge in [0, 0.05) is 0 Å². The molecule has 2 aliphatic heterocycles. The van der Waals surface area contributed by atoms with Crippen LogP contribution in [-0.2, 0) is 14.3 Å². The zero-order valence-electron chi connectivity index (χ0n) is 8.48. The third kappa shape index (κ3) is 1.41. The van der Waals surface area contributed by atoms with Crippen LogP contribution in [0.25, 0.3) is 0 Å². The van der Waals surface area contributed by atoms with Crippen molar-refractivity contribution in [3.63, 3.8) is 0 Å². The van der Waals surface area contributed by atoms with E-state index in [1.165, 1.54) is 0 Å². The van der Waals surface area contributed by atoms with Crippen molar-refractivity contribution in [1.82, 2.24) is 5.32 Å². The van der Waals surface area contributed by atoms with Crippen LogP contribution in [-0.4, -0.2) is 41.2 Å². The first-order chi connectivity index (χ1) is 6.41. The molecule has 5 heteroatoms. The number of aliphatic hydroxyl groups is 1. The summed E-state index contributed by atoms with van der Waals surface area (Å²) in [5.41, 5.74) is 0. The van der Waals surface area contributed by atoms with Crippen molar-refractivity contribution in [2.75, 3.05) is 0 Å². The molecule has 80 valence electrons. The number of rotatable bonds is 0. The molecule has 2 aliphatic rings. The van der Waals surface area contributed by atoms with Crippen molar-refractivity contribution in [3.8, 4) is 0 Å². The average molecular weight is 201 g/mol. The van der Waals surface area contributed by atoms with Crippen LogP contribution in [0, 0.1) is 0 Å². The standard InChI is InChI=1S/C9H15NO4/c1-4-5(11)6-7(8(12)10-4)14-9(2,3)13-6/h4-7,11H,1-3H3,(H,10,12)/t4-,5-,6+,7+/m0/s1. The van der Waals surface area contributed by atoms with Gasteiger partial charge in [-0.2, -0.15) is 0 Å². The van der Waals surface area contributed by atoms with Gasteiger partial charge in [0.05, 0.1) is 6.04 Å². The first kappa shape index (κ1) is 9.89. The predicted octanol–water partition coefficient (Wildman–Crippen LogP) is -0.614. The number of amides is 1. The number of nitrogens with one attached hydrogen (secondary N) is 1. The van der Waals surface area contributed by atoms with E-state index in [1.807, 2.05) is 0 Å². The highest BCUT2D eigenvalue weighted by Gasteiger charge is 2.52. The van der Waals surface area contributed by atoms with E-state index in [2.05, 4.69) is 5.32 Å². The van der Waals surface area contributed by atoms with Gasteiger partial charge in [0.15, 0.2) is 11.9 Å². The smallest absolute Gasteiger partial charge is 0.252 e. The highest BCUT2D eigenvalue weighted by molar-refractivity contribution is 5.83. The second kappa shape index (κ2) is 2.92. The number of hydrogen-bond donors (Lipinski definition) is 2. The van der Waals surface area contributed by atoms with Crippen LogP contribution < -0.4 is 5.32 Å². The van der Waals surface area contributed by atoms with E-state index in [4.69, 9.17) is 9.47 Å². The quantitative estimate of drug-likeness (QED) is 0.548. The summed E-state index contributed by atoms with van der Waals surface area (Å²) in [7, 11) is 0. The van der Waals surface area contributed by atoms with Gasteiger partial charge < -0.3 is 19.9 Å². The van der Waals surface area contributed by atoms with E-state index >= 15 is 0 Å². The van der Waals surface area contributed by atoms with E-state index in [0.717, 1.165) is 0 Å².